The molecule has 4 heteroatoms. The van der Waals surface area contributed by atoms with Crippen LogP contribution in [0.25, 0.3) is 5.65 Å². The summed E-state index contributed by atoms with van der Waals surface area (Å²) in [4.78, 5) is 0. The second kappa shape index (κ2) is 1.76. The van der Waals surface area contributed by atoms with E-state index < -0.39 is 0 Å². The molecule has 10 heavy (non-hydrogen) atoms. The largest absolute Gasteiger partial charge is 0.289 e. The number of fused-ring (bicyclic) bond motifs is 1. The third-order valence-electron chi connectivity index (χ3n) is 1.26. The van der Waals surface area contributed by atoms with Crippen molar-refractivity contribution in [1.82, 2.24) is 14.6 Å². The number of aromatic nitrogens is 3. The number of rotatable bonds is 0. The van der Waals surface area contributed by atoms with Crippen LogP contribution in [0.5, 0.6) is 0 Å². The van der Waals surface area contributed by atoms with Crippen molar-refractivity contribution >= 4 is 5.65 Å². The van der Waals surface area contributed by atoms with Gasteiger partial charge in [-0.25, -0.2) is 4.39 Å². The highest BCUT2D eigenvalue weighted by Gasteiger charge is 1.94. The third-order valence-corrected chi connectivity index (χ3v) is 1.26. The molecule has 0 atom stereocenters. The summed E-state index contributed by atoms with van der Waals surface area (Å²) >= 11 is 0. The average molecular weight is 137 g/mol. The summed E-state index contributed by atoms with van der Waals surface area (Å²) in [7, 11) is 0. The Balaban J connectivity index is 2.86. The molecule has 0 bridgehead atoms. The van der Waals surface area contributed by atoms with E-state index in [4.69, 9.17) is 0 Å². The Morgan fingerprint density at radius 2 is 2.40 bits per heavy atom. The molecule has 2 rings (SSSR count). The van der Waals surface area contributed by atoms with Crippen molar-refractivity contribution in [3.05, 3.63) is 30.5 Å². The molecular weight excluding hydrogens is 133 g/mol. The molecule has 2 aromatic rings. The smallest absolute Gasteiger partial charge is 0.163 e. The molecule has 0 unspecified atom stereocenters. The van der Waals surface area contributed by atoms with E-state index in [0.29, 0.717) is 5.65 Å². The van der Waals surface area contributed by atoms with Gasteiger partial charge in [0.15, 0.2) is 5.65 Å². The van der Waals surface area contributed by atoms with Gasteiger partial charge in [-0.05, 0) is 6.07 Å². The first-order chi connectivity index (χ1) is 4.86. The van der Waals surface area contributed by atoms with Crippen molar-refractivity contribution in [3.63, 3.8) is 0 Å². The molecule has 0 spiro atoms. The van der Waals surface area contributed by atoms with Crippen LogP contribution in [0.2, 0.25) is 0 Å². The molecule has 0 fully saturated rings. The van der Waals surface area contributed by atoms with Crippen LogP contribution < -0.4 is 0 Å². The Hall–Kier alpha value is -1.45. The van der Waals surface area contributed by atoms with Crippen molar-refractivity contribution in [2.45, 2.75) is 0 Å². The maximum Gasteiger partial charge on any atom is 0.163 e. The molecule has 3 nitrogen and oxygen atoms in total. The lowest BCUT2D eigenvalue weighted by Gasteiger charge is -1.88. The quantitative estimate of drug-likeness (QED) is 0.539. The molecule has 0 aliphatic heterocycles. The standard InChI is InChI=1S/C6H4FN3/c7-5-1-2-10-4-8-9-6(10)3-5/h1-4H. The summed E-state index contributed by atoms with van der Waals surface area (Å²) in [6.07, 6.45) is 3.10. The molecule has 0 aliphatic rings. The fourth-order valence-electron chi connectivity index (χ4n) is 0.793. The number of nitrogens with zero attached hydrogens (tertiary/aromatic N) is 3. The normalized spacial score (nSPS) is 10.5. The molecule has 0 saturated carbocycles. The summed E-state index contributed by atoms with van der Waals surface area (Å²) in [5.41, 5.74) is 0.528. The summed E-state index contributed by atoms with van der Waals surface area (Å²) in [5.74, 6) is -0.291. The van der Waals surface area contributed by atoms with Gasteiger partial charge in [0.2, 0.25) is 0 Å². The lowest BCUT2D eigenvalue weighted by atomic mass is 10.4. The minimum absolute atomic E-state index is 0.291. The zero-order valence-corrected chi connectivity index (χ0v) is 5.03. The van der Waals surface area contributed by atoms with E-state index in [-0.39, 0.29) is 5.82 Å². The van der Waals surface area contributed by atoms with Crippen molar-refractivity contribution in [1.29, 1.82) is 0 Å². The van der Waals surface area contributed by atoms with Crippen LogP contribution >= 0.6 is 0 Å². The monoisotopic (exact) mass is 137 g/mol. The van der Waals surface area contributed by atoms with Gasteiger partial charge in [0.1, 0.15) is 12.1 Å². The van der Waals surface area contributed by atoms with Crippen molar-refractivity contribution in [2.75, 3.05) is 0 Å². The fraction of sp³-hybridized carbons (Fsp3) is 0. The Morgan fingerprint density at radius 3 is 3.30 bits per heavy atom. The first-order valence-corrected chi connectivity index (χ1v) is 2.81. The fourth-order valence-corrected chi connectivity index (χ4v) is 0.793. The summed E-state index contributed by atoms with van der Waals surface area (Å²) in [5, 5.41) is 7.24. The molecule has 0 saturated heterocycles. The SMILES string of the molecule is Fc1ccn2cnnc2c1. The van der Waals surface area contributed by atoms with Crippen molar-refractivity contribution < 1.29 is 4.39 Å². The summed E-state index contributed by atoms with van der Waals surface area (Å²) in [6.45, 7) is 0. The molecule has 0 aromatic carbocycles. The maximum absolute atomic E-state index is 12.4. The second-order valence-electron chi connectivity index (χ2n) is 1.94. The number of hydrogen-bond donors (Lipinski definition) is 0. The molecular formula is C6H4FN3. The van der Waals surface area contributed by atoms with E-state index in [1.54, 1.807) is 10.6 Å². The van der Waals surface area contributed by atoms with Crippen LogP contribution in [0.4, 0.5) is 4.39 Å². The summed E-state index contributed by atoms with van der Waals surface area (Å²) in [6, 6.07) is 2.68. The van der Waals surface area contributed by atoms with Crippen LogP contribution in [0.1, 0.15) is 0 Å². The van der Waals surface area contributed by atoms with Crippen molar-refractivity contribution in [3.8, 4) is 0 Å². The first-order valence-electron chi connectivity index (χ1n) is 2.81. The topological polar surface area (TPSA) is 30.2 Å². The molecule has 0 radical (unpaired) electrons. The molecule has 0 N–H and O–H groups in total. The predicted octanol–water partition coefficient (Wildman–Crippen LogP) is 0.868. The van der Waals surface area contributed by atoms with Gasteiger partial charge in [0.25, 0.3) is 0 Å². The third kappa shape index (κ3) is 0.655. The van der Waals surface area contributed by atoms with Crippen LogP contribution in [0, 0.1) is 5.82 Å². The Kier molecular flexibility index (Phi) is 0.943. The van der Waals surface area contributed by atoms with E-state index in [1.165, 1.54) is 18.5 Å². The van der Waals surface area contributed by atoms with E-state index in [1.807, 2.05) is 0 Å². The van der Waals surface area contributed by atoms with Crippen LogP contribution in [-0.4, -0.2) is 14.6 Å². The number of hydrogen-bond acceptors (Lipinski definition) is 2. The van der Waals surface area contributed by atoms with Crippen LogP contribution in [-0.2, 0) is 0 Å². The number of halogens is 1. The molecule has 2 heterocycles. The Morgan fingerprint density at radius 1 is 1.50 bits per heavy atom. The maximum atomic E-state index is 12.4. The molecule has 0 amide bonds. The van der Waals surface area contributed by atoms with Gasteiger partial charge in [0.05, 0.1) is 0 Å². The van der Waals surface area contributed by atoms with Gasteiger partial charge in [-0.15, -0.1) is 10.2 Å². The highest BCUT2D eigenvalue weighted by Crippen LogP contribution is 2.00. The van der Waals surface area contributed by atoms with Gasteiger partial charge in [-0.2, -0.15) is 0 Å². The summed E-state index contributed by atoms with van der Waals surface area (Å²) < 4.78 is 14.1. The Bertz CT molecular complexity index is 355. The zero-order chi connectivity index (χ0) is 6.97. The zero-order valence-electron chi connectivity index (χ0n) is 5.03. The van der Waals surface area contributed by atoms with Gasteiger partial charge in [0, 0.05) is 12.3 Å². The Labute approximate surface area is 56.1 Å². The molecule has 0 aliphatic carbocycles. The average Bonchev–Trinajstić information content (AvgIpc) is 2.33. The number of pyridine rings is 1. The highest BCUT2D eigenvalue weighted by atomic mass is 19.1. The van der Waals surface area contributed by atoms with Gasteiger partial charge in [-0.3, -0.25) is 4.40 Å². The predicted molar refractivity (Wildman–Crippen MR) is 32.9 cm³/mol. The van der Waals surface area contributed by atoms with Gasteiger partial charge >= 0.3 is 0 Å². The molecule has 2 aromatic heterocycles. The second-order valence-corrected chi connectivity index (χ2v) is 1.94. The van der Waals surface area contributed by atoms with E-state index in [2.05, 4.69) is 10.2 Å². The van der Waals surface area contributed by atoms with Crippen LogP contribution in [0.3, 0.4) is 0 Å². The minimum atomic E-state index is -0.291. The van der Waals surface area contributed by atoms with E-state index in [0.717, 1.165) is 0 Å². The van der Waals surface area contributed by atoms with E-state index >= 15 is 0 Å². The van der Waals surface area contributed by atoms with E-state index in [9.17, 15) is 4.39 Å². The highest BCUT2D eigenvalue weighted by molar-refractivity contribution is 5.35. The minimum Gasteiger partial charge on any atom is -0.289 e. The lowest BCUT2D eigenvalue weighted by molar-refractivity contribution is 0.626. The first kappa shape index (κ1) is 5.34. The van der Waals surface area contributed by atoms with Crippen LogP contribution in [0.15, 0.2) is 24.7 Å². The van der Waals surface area contributed by atoms with Crippen molar-refractivity contribution in [2.24, 2.45) is 0 Å². The molecule has 50 valence electrons. The lowest BCUT2D eigenvalue weighted by Crippen LogP contribution is -1.82. The van der Waals surface area contributed by atoms with Gasteiger partial charge in [-0.1, -0.05) is 0 Å². The van der Waals surface area contributed by atoms with Gasteiger partial charge < -0.3 is 0 Å².